The topological polar surface area (TPSA) is 32.3 Å². The summed E-state index contributed by atoms with van der Waals surface area (Å²) >= 11 is 0. The van der Waals surface area contributed by atoms with E-state index in [1.54, 1.807) is 12.1 Å². The molecule has 0 saturated carbocycles. The maximum atomic E-state index is 13.5. The number of rotatable bonds is 7. The molecule has 0 aromatic heterocycles. The van der Waals surface area contributed by atoms with Crippen LogP contribution in [0.4, 0.5) is 4.39 Å². The quantitative estimate of drug-likeness (QED) is 0.783. The molecule has 0 bridgehead atoms. The molecule has 102 valence electrons. The predicted octanol–water partition coefficient (Wildman–Crippen LogP) is 2.90. The summed E-state index contributed by atoms with van der Waals surface area (Å²) in [7, 11) is 0. The van der Waals surface area contributed by atoms with E-state index in [1.165, 1.54) is 6.07 Å². The Hall–Kier alpha value is -0.930. The summed E-state index contributed by atoms with van der Waals surface area (Å²) in [6.45, 7) is 6.52. The van der Waals surface area contributed by atoms with Gasteiger partial charge >= 0.3 is 0 Å². The largest absolute Gasteiger partial charge is 0.389 e. The molecule has 0 aliphatic rings. The third-order valence-electron chi connectivity index (χ3n) is 3.58. The van der Waals surface area contributed by atoms with Gasteiger partial charge in [-0.2, -0.15) is 0 Å². The number of hydrogen-bond donors (Lipinski definition) is 2. The van der Waals surface area contributed by atoms with Crippen molar-refractivity contribution >= 4 is 0 Å². The van der Waals surface area contributed by atoms with Crippen molar-refractivity contribution in [1.29, 1.82) is 0 Å². The molecule has 1 aromatic carbocycles. The molecular weight excluding hydrogens is 229 g/mol. The minimum Gasteiger partial charge on any atom is -0.389 e. The smallest absolute Gasteiger partial charge is 0.126 e. The zero-order chi connectivity index (χ0) is 13.6. The second-order valence-electron chi connectivity index (χ2n) is 5.01. The van der Waals surface area contributed by atoms with E-state index in [4.69, 9.17) is 0 Å². The lowest BCUT2D eigenvalue weighted by molar-refractivity contribution is 0.0303. The van der Waals surface area contributed by atoms with Crippen LogP contribution in [0.2, 0.25) is 0 Å². The van der Waals surface area contributed by atoms with Gasteiger partial charge < -0.3 is 10.4 Å². The van der Waals surface area contributed by atoms with Crippen molar-refractivity contribution in [2.45, 2.75) is 51.7 Å². The van der Waals surface area contributed by atoms with Crippen LogP contribution >= 0.6 is 0 Å². The maximum Gasteiger partial charge on any atom is 0.126 e. The molecule has 0 aliphatic heterocycles. The van der Waals surface area contributed by atoms with E-state index in [2.05, 4.69) is 5.32 Å². The first-order valence-corrected chi connectivity index (χ1v) is 6.70. The summed E-state index contributed by atoms with van der Waals surface area (Å²) in [5.41, 5.74) is 0.0674. The standard InChI is InChI=1S/C15H24FNO/c1-4-15(18,5-2)11-17-12(3)10-13-8-6-7-9-14(13)16/h6-9,12,17-18H,4-5,10-11H2,1-3H3. The van der Waals surface area contributed by atoms with Gasteiger partial charge in [-0.25, -0.2) is 4.39 Å². The highest BCUT2D eigenvalue weighted by Crippen LogP contribution is 2.14. The highest BCUT2D eigenvalue weighted by atomic mass is 19.1. The first-order chi connectivity index (χ1) is 8.50. The number of halogens is 1. The Balaban J connectivity index is 2.48. The second-order valence-corrected chi connectivity index (χ2v) is 5.01. The van der Waals surface area contributed by atoms with Crippen molar-refractivity contribution < 1.29 is 9.50 Å². The number of benzene rings is 1. The molecule has 2 nitrogen and oxygen atoms in total. The fourth-order valence-electron chi connectivity index (χ4n) is 1.93. The van der Waals surface area contributed by atoms with Crippen LogP contribution in [-0.4, -0.2) is 23.3 Å². The third-order valence-corrected chi connectivity index (χ3v) is 3.58. The SMILES string of the molecule is CCC(O)(CC)CNC(C)Cc1ccccc1F. The van der Waals surface area contributed by atoms with Gasteiger partial charge in [0, 0.05) is 12.6 Å². The Labute approximate surface area is 109 Å². The van der Waals surface area contributed by atoms with E-state index >= 15 is 0 Å². The molecule has 0 heterocycles. The number of nitrogens with one attached hydrogen (secondary N) is 1. The molecule has 0 aliphatic carbocycles. The van der Waals surface area contributed by atoms with Gasteiger partial charge in [-0.05, 0) is 37.8 Å². The molecule has 0 saturated heterocycles. The Kier molecular flexibility index (Phi) is 5.76. The minimum atomic E-state index is -0.649. The Morgan fingerprint density at radius 2 is 1.89 bits per heavy atom. The Bertz CT molecular complexity index is 363. The Morgan fingerprint density at radius 1 is 1.28 bits per heavy atom. The molecule has 0 radical (unpaired) electrons. The van der Waals surface area contributed by atoms with E-state index in [-0.39, 0.29) is 11.9 Å². The van der Waals surface area contributed by atoms with Crippen molar-refractivity contribution in [2.24, 2.45) is 0 Å². The molecular formula is C15H24FNO. The van der Waals surface area contributed by atoms with Crippen LogP contribution in [0.3, 0.4) is 0 Å². The van der Waals surface area contributed by atoms with Crippen LogP contribution in [0.5, 0.6) is 0 Å². The first-order valence-electron chi connectivity index (χ1n) is 6.70. The van der Waals surface area contributed by atoms with E-state index < -0.39 is 5.60 Å². The van der Waals surface area contributed by atoms with Crippen molar-refractivity contribution in [1.82, 2.24) is 5.32 Å². The van der Waals surface area contributed by atoms with Gasteiger partial charge in [-0.3, -0.25) is 0 Å². The van der Waals surface area contributed by atoms with Crippen LogP contribution in [0.25, 0.3) is 0 Å². The summed E-state index contributed by atoms with van der Waals surface area (Å²) in [5.74, 6) is -0.160. The van der Waals surface area contributed by atoms with Gasteiger partial charge in [0.15, 0.2) is 0 Å². The molecule has 0 fully saturated rings. The lowest BCUT2D eigenvalue weighted by Crippen LogP contribution is -2.43. The summed E-state index contributed by atoms with van der Waals surface area (Å²) in [5, 5.41) is 13.4. The van der Waals surface area contributed by atoms with Gasteiger partial charge in [0.05, 0.1) is 5.60 Å². The van der Waals surface area contributed by atoms with E-state index in [1.807, 2.05) is 26.8 Å². The molecule has 0 amide bonds. The van der Waals surface area contributed by atoms with Gasteiger partial charge in [0.2, 0.25) is 0 Å². The number of hydrogen-bond acceptors (Lipinski definition) is 2. The van der Waals surface area contributed by atoms with Crippen molar-refractivity contribution in [2.75, 3.05) is 6.54 Å². The van der Waals surface area contributed by atoms with Gasteiger partial charge in [0.1, 0.15) is 5.82 Å². The van der Waals surface area contributed by atoms with Crippen LogP contribution in [0, 0.1) is 5.82 Å². The highest BCUT2D eigenvalue weighted by molar-refractivity contribution is 5.18. The Morgan fingerprint density at radius 3 is 2.44 bits per heavy atom. The van der Waals surface area contributed by atoms with Crippen molar-refractivity contribution in [3.8, 4) is 0 Å². The third kappa shape index (κ3) is 4.39. The molecule has 18 heavy (non-hydrogen) atoms. The molecule has 3 heteroatoms. The van der Waals surface area contributed by atoms with E-state index in [9.17, 15) is 9.50 Å². The van der Waals surface area contributed by atoms with E-state index in [0.717, 1.165) is 12.8 Å². The first kappa shape index (κ1) is 15.1. The molecule has 1 rings (SSSR count). The fraction of sp³-hybridized carbons (Fsp3) is 0.600. The van der Waals surface area contributed by atoms with Crippen molar-refractivity contribution in [3.05, 3.63) is 35.6 Å². The van der Waals surface area contributed by atoms with Crippen molar-refractivity contribution in [3.63, 3.8) is 0 Å². The zero-order valence-corrected chi connectivity index (χ0v) is 11.5. The molecule has 1 atom stereocenters. The summed E-state index contributed by atoms with van der Waals surface area (Å²) < 4.78 is 13.5. The fourth-order valence-corrected chi connectivity index (χ4v) is 1.93. The monoisotopic (exact) mass is 253 g/mol. The lowest BCUT2D eigenvalue weighted by Gasteiger charge is -2.27. The summed E-state index contributed by atoms with van der Waals surface area (Å²) in [6, 6.07) is 6.98. The minimum absolute atomic E-state index is 0.145. The predicted molar refractivity (Wildman–Crippen MR) is 73.1 cm³/mol. The average Bonchev–Trinajstić information content (AvgIpc) is 2.39. The molecule has 1 unspecified atom stereocenters. The van der Waals surface area contributed by atoms with Gasteiger partial charge in [-0.15, -0.1) is 0 Å². The van der Waals surface area contributed by atoms with Gasteiger partial charge in [0.25, 0.3) is 0 Å². The van der Waals surface area contributed by atoms with E-state index in [0.29, 0.717) is 18.5 Å². The van der Waals surface area contributed by atoms with Crippen LogP contribution < -0.4 is 5.32 Å². The maximum absolute atomic E-state index is 13.5. The normalized spacial score (nSPS) is 13.6. The van der Waals surface area contributed by atoms with Crippen LogP contribution in [-0.2, 0) is 6.42 Å². The summed E-state index contributed by atoms with van der Waals surface area (Å²) in [6.07, 6.45) is 2.09. The molecule has 0 spiro atoms. The second kappa shape index (κ2) is 6.86. The van der Waals surface area contributed by atoms with Crippen LogP contribution in [0.15, 0.2) is 24.3 Å². The number of aliphatic hydroxyl groups is 1. The average molecular weight is 253 g/mol. The summed E-state index contributed by atoms with van der Waals surface area (Å²) in [4.78, 5) is 0. The zero-order valence-electron chi connectivity index (χ0n) is 11.5. The molecule has 1 aromatic rings. The van der Waals surface area contributed by atoms with Crippen LogP contribution in [0.1, 0.15) is 39.2 Å². The highest BCUT2D eigenvalue weighted by Gasteiger charge is 2.22. The molecule has 2 N–H and O–H groups in total. The lowest BCUT2D eigenvalue weighted by atomic mass is 9.96. The van der Waals surface area contributed by atoms with Gasteiger partial charge in [-0.1, -0.05) is 32.0 Å².